The molecule has 5 heteroatoms. The molecule has 22 heavy (non-hydrogen) atoms. The van der Waals surface area contributed by atoms with Crippen LogP contribution in [-0.4, -0.2) is 45.5 Å². The van der Waals surface area contributed by atoms with Gasteiger partial charge in [0.2, 0.25) is 0 Å². The SMILES string of the molecule is CC(C)(O)[C@@H]1CC[C@@]2(C)OC3=C(C[C@@H]12)C(=O)[C@]1(O)CO[C@H]3C1. The molecule has 2 aliphatic heterocycles. The number of ether oxygens (including phenoxy) is 2. The fourth-order valence-corrected chi connectivity index (χ4v) is 4.95. The Morgan fingerprint density at radius 2 is 2.09 bits per heavy atom. The number of carbonyl (C=O) groups is 1. The van der Waals surface area contributed by atoms with Gasteiger partial charge in [0.25, 0.3) is 0 Å². The Morgan fingerprint density at radius 1 is 1.36 bits per heavy atom. The first-order chi connectivity index (χ1) is 10.1. The molecule has 1 saturated heterocycles. The summed E-state index contributed by atoms with van der Waals surface area (Å²) in [6.45, 7) is 5.79. The number of hydrogen-bond donors (Lipinski definition) is 2. The largest absolute Gasteiger partial charge is 0.488 e. The zero-order chi connectivity index (χ0) is 15.9. The fourth-order valence-electron chi connectivity index (χ4n) is 4.95. The second kappa shape index (κ2) is 4.13. The van der Waals surface area contributed by atoms with E-state index in [0.29, 0.717) is 24.2 Å². The molecule has 2 bridgehead atoms. The first kappa shape index (κ1) is 14.7. The number of carbonyl (C=O) groups excluding carboxylic acids is 1. The molecule has 0 aromatic heterocycles. The molecule has 5 atom stereocenters. The van der Waals surface area contributed by atoms with Crippen LogP contribution in [0.3, 0.4) is 0 Å². The standard InChI is InChI=1S/C17H24O5/c1-15(2,19)10-4-5-16(3)11(10)6-9-13(22-16)12-7-17(20,8-21-12)14(9)18/h10-12,19-20H,4-8H2,1-3H3/t10-,11+,12+,16-,17-/m1/s1. The lowest BCUT2D eigenvalue weighted by molar-refractivity contribution is -0.137. The lowest BCUT2D eigenvalue weighted by Crippen LogP contribution is -2.51. The molecule has 2 heterocycles. The average molecular weight is 308 g/mol. The maximum atomic E-state index is 12.7. The maximum absolute atomic E-state index is 12.7. The second-order valence-corrected chi connectivity index (χ2v) is 8.23. The Morgan fingerprint density at radius 3 is 2.77 bits per heavy atom. The van der Waals surface area contributed by atoms with E-state index in [1.807, 2.05) is 13.8 Å². The molecular weight excluding hydrogens is 284 g/mol. The molecule has 2 aliphatic carbocycles. The summed E-state index contributed by atoms with van der Waals surface area (Å²) >= 11 is 0. The van der Waals surface area contributed by atoms with Gasteiger partial charge in [0.1, 0.15) is 17.5 Å². The summed E-state index contributed by atoms with van der Waals surface area (Å²) in [6.07, 6.45) is 2.34. The molecule has 4 aliphatic rings. The predicted octanol–water partition coefficient (Wildman–Crippen LogP) is 1.32. The van der Waals surface area contributed by atoms with E-state index in [4.69, 9.17) is 9.47 Å². The highest BCUT2D eigenvalue weighted by atomic mass is 16.6. The summed E-state index contributed by atoms with van der Waals surface area (Å²) in [5, 5.41) is 20.9. The Balaban J connectivity index is 1.74. The minimum absolute atomic E-state index is 0.0587. The van der Waals surface area contributed by atoms with Crippen LogP contribution < -0.4 is 0 Å². The highest BCUT2D eigenvalue weighted by molar-refractivity contribution is 6.04. The molecule has 0 amide bonds. The van der Waals surface area contributed by atoms with Gasteiger partial charge in [-0.3, -0.25) is 4.79 Å². The van der Waals surface area contributed by atoms with Crippen molar-refractivity contribution in [2.45, 2.75) is 69.4 Å². The Kier molecular flexibility index (Phi) is 2.76. The van der Waals surface area contributed by atoms with Crippen LogP contribution in [0.1, 0.15) is 46.5 Å². The van der Waals surface area contributed by atoms with Gasteiger partial charge in [-0.1, -0.05) is 0 Å². The van der Waals surface area contributed by atoms with E-state index in [0.717, 1.165) is 12.8 Å². The van der Waals surface area contributed by atoms with Crippen LogP contribution in [0.4, 0.5) is 0 Å². The van der Waals surface area contributed by atoms with Crippen molar-refractivity contribution in [3.63, 3.8) is 0 Å². The van der Waals surface area contributed by atoms with Crippen molar-refractivity contribution in [3.8, 4) is 0 Å². The summed E-state index contributed by atoms with van der Waals surface area (Å²) in [6, 6.07) is 0. The summed E-state index contributed by atoms with van der Waals surface area (Å²) in [5.74, 6) is 0.591. The van der Waals surface area contributed by atoms with E-state index in [9.17, 15) is 15.0 Å². The smallest absolute Gasteiger partial charge is 0.196 e. The molecule has 122 valence electrons. The number of aliphatic hydroxyl groups is 2. The number of fused-ring (bicyclic) bond motifs is 4. The van der Waals surface area contributed by atoms with Gasteiger partial charge >= 0.3 is 0 Å². The fraction of sp³-hybridized carbons (Fsp3) is 0.824. The summed E-state index contributed by atoms with van der Waals surface area (Å²) in [5.41, 5.74) is -1.93. The zero-order valence-electron chi connectivity index (χ0n) is 13.4. The Labute approximate surface area is 130 Å². The summed E-state index contributed by atoms with van der Waals surface area (Å²) in [7, 11) is 0. The molecule has 0 aromatic rings. The van der Waals surface area contributed by atoms with E-state index in [-0.39, 0.29) is 35.9 Å². The van der Waals surface area contributed by atoms with E-state index < -0.39 is 11.2 Å². The molecule has 1 saturated carbocycles. The van der Waals surface area contributed by atoms with E-state index in [1.54, 1.807) is 0 Å². The molecular formula is C17H24O5. The first-order valence-corrected chi connectivity index (χ1v) is 8.17. The Bertz CT molecular complexity index is 574. The van der Waals surface area contributed by atoms with Crippen LogP contribution in [0, 0.1) is 11.8 Å². The number of ketones is 1. The summed E-state index contributed by atoms with van der Waals surface area (Å²) < 4.78 is 11.9. The highest BCUT2D eigenvalue weighted by Gasteiger charge is 2.60. The number of rotatable bonds is 1. The van der Waals surface area contributed by atoms with Gasteiger partial charge in [-0.25, -0.2) is 0 Å². The molecule has 2 N–H and O–H groups in total. The summed E-state index contributed by atoms with van der Waals surface area (Å²) in [4.78, 5) is 12.7. The topological polar surface area (TPSA) is 76.0 Å². The maximum Gasteiger partial charge on any atom is 0.196 e. The van der Waals surface area contributed by atoms with Gasteiger partial charge in [-0.15, -0.1) is 0 Å². The molecule has 0 unspecified atom stereocenters. The van der Waals surface area contributed by atoms with Crippen LogP contribution in [0.25, 0.3) is 0 Å². The van der Waals surface area contributed by atoms with E-state index in [1.165, 1.54) is 0 Å². The third-order valence-electron chi connectivity index (χ3n) is 6.23. The molecule has 0 aromatic carbocycles. The molecule has 2 fully saturated rings. The zero-order valence-corrected chi connectivity index (χ0v) is 13.4. The first-order valence-electron chi connectivity index (χ1n) is 8.17. The molecule has 0 spiro atoms. The number of Topliss-reactive ketones (excluding diaryl/α,β-unsaturated/α-hetero) is 1. The van der Waals surface area contributed by atoms with Gasteiger partial charge in [-0.05, 0) is 46.0 Å². The normalized spacial score (nSPS) is 47.3. The third kappa shape index (κ3) is 1.79. The van der Waals surface area contributed by atoms with E-state index in [2.05, 4.69) is 6.92 Å². The lowest BCUT2D eigenvalue weighted by Gasteiger charge is -2.45. The highest BCUT2D eigenvalue weighted by Crippen LogP contribution is 2.56. The van der Waals surface area contributed by atoms with Crippen molar-refractivity contribution in [1.82, 2.24) is 0 Å². The Hall–Kier alpha value is -0.910. The minimum Gasteiger partial charge on any atom is -0.488 e. The van der Waals surface area contributed by atoms with Gasteiger partial charge in [0.05, 0.1) is 12.2 Å². The lowest BCUT2D eigenvalue weighted by atomic mass is 9.70. The van der Waals surface area contributed by atoms with Crippen molar-refractivity contribution >= 4 is 5.78 Å². The van der Waals surface area contributed by atoms with Gasteiger partial charge in [0, 0.05) is 17.9 Å². The molecule has 4 rings (SSSR count). The van der Waals surface area contributed by atoms with Crippen molar-refractivity contribution in [3.05, 3.63) is 11.3 Å². The number of hydrogen-bond acceptors (Lipinski definition) is 5. The van der Waals surface area contributed by atoms with Crippen LogP contribution in [-0.2, 0) is 14.3 Å². The minimum atomic E-state index is -1.37. The molecule has 5 nitrogen and oxygen atoms in total. The van der Waals surface area contributed by atoms with Crippen molar-refractivity contribution in [2.24, 2.45) is 11.8 Å². The van der Waals surface area contributed by atoms with Crippen LogP contribution in [0.2, 0.25) is 0 Å². The van der Waals surface area contributed by atoms with Gasteiger partial charge < -0.3 is 19.7 Å². The van der Waals surface area contributed by atoms with Gasteiger partial charge in [0.15, 0.2) is 11.4 Å². The molecule has 0 radical (unpaired) electrons. The van der Waals surface area contributed by atoms with Gasteiger partial charge in [-0.2, -0.15) is 0 Å². The van der Waals surface area contributed by atoms with Crippen LogP contribution in [0.5, 0.6) is 0 Å². The third-order valence-corrected chi connectivity index (χ3v) is 6.23. The van der Waals surface area contributed by atoms with Crippen molar-refractivity contribution in [1.29, 1.82) is 0 Å². The second-order valence-electron chi connectivity index (χ2n) is 8.23. The van der Waals surface area contributed by atoms with Crippen molar-refractivity contribution in [2.75, 3.05) is 6.61 Å². The van der Waals surface area contributed by atoms with Crippen LogP contribution >= 0.6 is 0 Å². The average Bonchev–Trinajstić information content (AvgIpc) is 2.94. The monoisotopic (exact) mass is 308 g/mol. The predicted molar refractivity (Wildman–Crippen MR) is 78.0 cm³/mol. The van der Waals surface area contributed by atoms with Crippen LogP contribution in [0.15, 0.2) is 11.3 Å². The van der Waals surface area contributed by atoms with E-state index >= 15 is 0 Å². The quantitative estimate of drug-likeness (QED) is 0.764. The van der Waals surface area contributed by atoms with Crippen molar-refractivity contribution < 1.29 is 24.5 Å².